The molecule has 0 fully saturated rings. The van der Waals surface area contributed by atoms with Crippen LogP contribution in [0.5, 0.6) is 0 Å². The second-order valence-corrected chi connectivity index (χ2v) is 5.28. The van der Waals surface area contributed by atoms with Crippen molar-refractivity contribution in [2.75, 3.05) is 6.54 Å². The van der Waals surface area contributed by atoms with Crippen LogP contribution in [-0.4, -0.2) is 11.7 Å². The van der Waals surface area contributed by atoms with Crippen molar-refractivity contribution in [2.24, 2.45) is 0 Å². The van der Waals surface area contributed by atoms with Crippen molar-refractivity contribution < 1.29 is 5.11 Å². The van der Waals surface area contributed by atoms with Crippen LogP contribution in [0.25, 0.3) is 0 Å². The molecule has 1 aromatic heterocycles. The van der Waals surface area contributed by atoms with E-state index >= 15 is 0 Å². The third kappa shape index (κ3) is 3.42. The minimum atomic E-state index is -0.434. The van der Waals surface area contributed by atoms with Crippen LogP contribution in [0.2, 0.25) is 0 Å². The van der Waals surface area contributed by atoms with E-state index in [-0.39, 0.29) is 0 Å². The maximum Gasteiger partial charge on any atom is 0.0914 e. The Balaban J connectivity index is 1.82. The minimum Gasteiger partial charge on any atom is -0.387 e. The largest absolute Gasteiger partial charge is 0.387 e. The zero-order valence-electron chi connectivity index (χ0n) is 10.6. The van der Waals surface area contributed by atoms with Crippen LogP contribution in [0.15, 0.2) is 41.8 Å². The van der Waals surface area contributed by atoms with Gasteiger partial charge in [0, 0.05) is 18.0 Å². The predicted octanol–water partition coefficient (Wildman–Crippen LogP) is 3.13. The van der Waals surface area contributed by atoms with Crippen molar-refractivity contribution in [3.8, 4) is 0 Å². The molecule has 0 aliphatic rings. The van der Waals surface area contributed by atoms with Crippen LogP contribution < -0.4 is 5.32 Å². The molecule has 0 bridgehead atoms. The Kier molecular flexibility index (Phi) is 4.93. The summed E-state index contributed by atoms with van der Waals surface area (Å²) in [6.45, 7) is 3.60. The highest BCUT2D eigenvalue weighted by molar-refractivity contribution is 7.10. The average molecular weight is 261 g/mol. The average Bonchev–Trinajstić information content (AvgIpc) is 2.87. The van der Waals surface area contributed by atoms with Gasteiger partial charge in [-0.25, -0.2) is 0 Å². The highest BCUT2D eigenvalue weighted by atomic mass is 32.1. The van der Waals surface area contributed by atoms with Gasteiger partial charge in [0.15, 0.2) is 0 Å². The number of aryl methyl sites for hydroxylation is 1. The van der Waals surface area contributed by atoms with E-state index in [2.05, 4.69) is 23.7 Å². The highest BCUT2D eigenvalue weighted by Crippen LogP contribution is 2.17. The summed E-state index contributed by atoms with van der Waals surface area (Å²) < 4.78 is 0. The number of nitrogens with one attached hydrogen (secondary N) is 1. The molecular weight excluding hydrogens is 242 g/mol. The van der Waals surface area contributed by atoms with Gasteiger partial charge in [0.25, 0.3) is 0 Å². The number of benzene rings is 1. The first kappa shape index (κ1) is 13.3. The molecule has 0 saturated heterocycles. The summed E-state index contributed by atoms with van der Waals surface area (Å²) >= 11 is 1.78. The van der Waals surface area contributed by atoms with Crippen LogP contribution in [0.3, 0.4) is 0 Å². The van der Waals surface area contributed by atoms with Crippen molar-refractivity contribution in [1.82, 2.24) is 5.32 Å². The first-order valence-electron chi connectivity index (χ1n) is 6.30. The topological polar surface area (TPSA) is 32.3 Å². The molecule has 3 heteroatoms. The molecular formula is C15H19NOS. The molecule has 0 aliphatic heterocycles. The molecule has 96 valence electrons. The van der Waals surface area contributed by atoms with E-state index in [0.717, 1.165) is 18.5 Å². The van der Waals surface area contributed by atoms with Gasteiger partial charge in [-0.1, -0.05) is 37.3 Å². The van der Waals surface area contributed by atoms with Crippen LogP contribution in [0.4, 0.5) is 0 Å². The highest BCUT2D eigenvalue weighted by Gasteiger charge is 2.07. The molecule has 1 atom stereocenters. The monoisotopic (exact) mass is 261 g/mol. The van der Waals surface area contributed by atoms with Crippen LogP contribution in [0.1, 0.15) is 29.0 Å². The van der Waals surface area contributed by atoms with Gasteiger partial charge in [0.05, 0.1) is 6.10 Å². The summed E-state index contributed by atoms with van der Waals surface area (Å²) in [5, 5.41) is 15.5. The normalized spacial score (nSPS) is 12.6. The third-order valence-electron chi connectivity index (χ3n) is 3.03. The summed E-state index contributed by atoms with van der Waals surface area (Å²) in [7, 11) is 0. The zero-order chi connectivity index (χ0) is 12.8. The minimum absolute atomic E-state index is 0.434. The second kappa shape index (κ2) is 6.69. The first-order chi connectivity index (χ1) is 8.81. The van der Waals surface area contributed by atoms with Gasteiger partial charge in [-0.3, -0.25) is 0 Å². The van der Waals surface area contributed by atoms with Crippen molar-refractivity contribution in [3.05, 3.63) is 57.8 Å². The van der Waals surface area contributed by atoms with E-state index in [9.17, 15) is 5.11 Å². The smallest absolute Gasteiger partial charge is 0.0914 e. The number of aliphatic hydroxyl groups is 1. The van der Waals surface area contributed by atoms with E-state index in [1.807, 2.05) is 30.3 Å². The molecule has 0 saturated carbocycles. The van der Waals surface area contributed by atoms with Gasteiger partial charge < -0.3 is 10.4 Å². The van der Waals surface area contributed by atoms with Gasteiger partial charge >= 0.3 is 0 Å². The van der Waals surface area contributed by atoms with E-state index in [1.165, 1.54) is 10.4 Å². The molecule has 0 aliphatic carbocycles. The zero-order valence-corrected chi connectivity index (χ0v) is 11.4. The number of thiophene rings is 1. The lowest BCUT2D eigenvalue weighted by Gasteiger charge is -2.12. The van der Waals surface area contributed by atoms with Gasteiger partial charge in [-0.2, -0.15) is 0 Å². The SMILES string of the molecule is CCc1ccsc1CNCC(O)c1ccccc1. The van der Waals surface area contributed by atoms with Crippen molar-refractivity contribution >= 4 is 11.3 Å². The molecule has 1 heterocycles. The van der Waals surface area contributed by atoms with E-state index in [0.29, 0.717) is 6.54 Å². The number of rotatable bonds is 6. The summed E-state index contributed by atoms with van der Waals surface area (Å²) in [5.41, 5.74) is 2.37. The maximum atomic E-state index is 10.0. The van der Waals surface area contributed by atoms with Crippen LogP contribution in [0, 0.1) is 0 Å². The Morgan fingerprint density at radius 1 is 1.22 bits per heavy atom. The lowest BCUT2D eigenvalue weighted by molar-refractivity contribution is 0.174. The van der Waals surface area contributed by atoms with Gasteiger partial charge in [0.2, 0.25) is 0 Å². The molecule has 2 nitrogen and oxygen atoms in total. The molecule has 1 unspecified atom stereocenters. The summed E-state index contributed by atoms with van der Waals surface area (Å²) in [6, 6.07) is 11.9. The summed E-state index contributed by atoms with van der Waals surface area (Å²) in [5.74, 6) is 0. The van der Waals surface area contributed by atoms with Crippen molar-refractivity contribution in [3.63, 3.8) is 0 Å². The fraction of sp³-hybridized carbons (Fsp3) is 0.333. The number of hydrogen-bond donors (Lipinski definition) is 2. The molecule has 2 aromatic rings. The molecule has 0 amide bonds. The number of aliphatic hydroxyl groups excluding tert-OH is 1. The third-order valence-corrected chi connectivity index (χ3v) is 3.99. The quantitative estimate of drug-likeness (QED) is 0.837. The molecule has 18 heavy (non-hydrogen) atoms. The molecule has 0 radical (unpaired) electrons. The van der Waals surface area contributed by atoms with Crippen molar-refractivity contribution in [2.45, 2.75) is 26.0 Å². The maximum absolute atomic E-state index is 10.0. The fourth-order valence-electron chi connectivity index (χ4n) is 1.95. The lowest BCUT2D eigenvalue weighted by atomic mass is 10.1. The van der Waals surface area contributed by atoms with Gasteiger partial charge in [-0.15, -0.1) is 11.3 Å². The van der Waals surface area contributed by atoms with E-state index < -0.39 is 6.10 Å². The van der Waals surface area contributed by atoms with E-state index in [1.54, 1.807) is 11.3 Å². The Morgan fingerprint density at radius 2 is 2.00 bits per heavy atom. The Hall–Kier alpha value is -1.16. The summed E-state index contributed by atoms with van der Waals surface area (Å²) in [4.78, 5) is 1.37. The van der Waals surface area contributed by atoms with Gasteiger partial charge in [0.1, 0.15) is 0 Å². The molecule has 1 aromatic carbocycles. The fourth-order valence-corrected chi connectivity index (χ4v) is 2.90. The van der Waals surface area contributed by atoms with E-state index in [4.69, 9.17) is 0 Å². The van der Waals surface area contributed by atoms with Crippen LogP contribution >= 0.6 is 11.3 Å². The molecule has 2 N–H and O–H groups in total. The Bertz CT molecular complexity index is 466. The first-order valence-corrected chi connectivity index (χ1v) is 7.18. The Morgan fingerprint density at radius 3 is 2.72 bits per heavy atom. The standard InChI is InChI=1S/C15H19NOS/c1-2-12-8-9-18-15(12)11-16-10-14(17)13-6-4-3-5-7-13/h3-9,14,16-17H,2,10-11H2,1H3. The summed E-state index contributed by atoms with van der Waals surface area (Å²) in [6.07, 6.45) is 0.637. The number of hydrogen-bond acceptors (Lipinski definition) is 3. The molecule has 2 rings (SSSR count). The predicted molar refractivity (Wildman–Crippen MR) is 76.8 cm³/mol. The Labute approximate surface area is 112 Å². The second-order valence-electron chi connectivity index (χ2n) is 4.28. The van der Waals surface area contributed by atoms with Gasteiger partial charge in [-0.05, 0) is 29.0 Å². The van der Waals surface area contributed by atoms with Crippen LogP contribution in [-0.2, 0) is 13.0 Å². The molecule has 0 spiro atoms. The lowest BCUT2D eigenvalue weighted by Crippen LogP contribution is -2.21. The van der Waals surface area contributed by atoms with Crippen molar-refractivity contribution in [1.29, 1.82) is 0 Å².